The minimum absolute atomic E-state index is 0.117. The molecule has 5 rings (SSSR count). The van der Waals surface area contributed by atoms with Crippen molar-refractivity contribution in [3.8, 4) is 0 Å². The summed E-state index contributed by atoms with van der Waals surface area (Å²) < 4.78 is 0. The number of rotatable bonds is 3. The summed E-state index contributed by atoms with van der Waals surface area (Å²) in [5.74, 6) is -0.117. The normalized spacial score (nSPS) is 11.4. The van der Waals surface area contributed by atoms with Crippen molar-refractivity contribution in [2.45, 2.75) is 6.54 Å². The molecule has 0 aliphatic carbocycles. The average molecular weight is 341 g/mol. The number of carbonyl (C=O) groups excluding carboxylic acids is 1. The van der Waals surface area contributed by atoms with E-state index in [0.717, 1.165) is 38.3 Å². The summed E-state index contributed by atoms with van der Waals surface area (Å²) in [4.78, 5) is 21.2. The Labute approximate surface area is 148 Å². The summed E-state index contributed by atoms with van der Waals surface area (Å²) in [6, 6.07) is 13.5. The van der Waals surface area contributed by atoms with E-state index in [1.807, 2.05) is 36.5 Å². The van der Waals surface area contributed by atoms with Gasteiger partial charge in [-0.3, -0.25) is 14.9 Å². The van der Waals surface area contributed by atoms with Crippen molar-refractivity contribution >= 4 is 38.6 Å². The Balaban J connectivity index is 1.51. The van der Waals surface area contributed by atoms with E-state index in [0.29, 0.717) is 12.1 Å². The van der Waals surface area contributed by atoms with Crippen LogP contribution in [-0.2, 0) is 6.54 Å². The number of hydrogen-bond donors (Lipinski definition) is 3. The average Bonchev–Trinajstić information content (AvgIpc) is 3.30. The van der Waals surface area contributed by atoms with E-state index in [-0.39, 0.29) is 5.91 Å². The molecule has 1 amide bonds. The summed E-state index contributed by atoms with van der Waals surface area (Å²) >= 11 is 0. The van der Waals surface area contributed by atoms with Crippen LogP contribution < -0.4 is 5.32 Å². The number of H-pyrrole nitrogens is 2. The molecule has 0 unspecified atom stereocenters. The topological polar surface area (TPSA) is 86.5 Å². The molecule has 3 heterocycles. The van der Waals surface area contributed by atoms with Gasteiger partial charge in [0.15, 0.2) is 0 Å². The number of benzene rings is 2. The molecule has 0 spiro atoms. The van der Waals surface area contributed by atoms with E-state index in [1.54, 1.807) is 12.4 Å². The number of carbonyl (C=O) groups is 1. The molecule has 3 aromatic heterocycles. The van der Waals surface area contributed by atoms with Crippen LogP contribution in [-0.4, -0.2) is 26.1 Å². The van der Waals surface area contributed by atoms with Crippen LogP contribution in [0.5, 0.6) is 0 Å². The maximum absolute atomic E-state index is 12.5. The molecule has 0 atom stereocenters. The third-order valence-corrected chi connectivity index (χ3v) is 4.62. The second-order valence-electron chi connectivity index (χ2n) is 6.22. The smallest absolute Gasteiger partial charge is 0.251 e. The van der Waals surface area contributed by atoms with Crippen molar-refractivity contribution in [2.24, 2.45) is 0 Å². The Kier molecular flexibility index (Phi) is 3.21. The lowest BCUT2D eigenvalue weighted by Gasteiger charge is -2.05. The first-order valence-electron chi connectivity index (χ1n) is 8.34. The van der Waals surface area contributed by atoms with Gasteiger partial charge in [-0.25, -0.2) is 4.98 Å². The summed E-state index contributed by atoms with van der Waals surface area (Å²) in [5, 5.41) is 12.3. The maximum Gasteiger partial charge on any atom is 0.251 e. The lowest BCUT2D eigenvalue weighted by Crippen LogP contribution is -2.22. The Morgan fingerprint density at radius 1 is 1.04 bits per heavy atom. The Hall–Kier alpha value is -3.67. The van der Waals surface area contributed by atoms with Crippen molar-refractivity contribution in [3.05, 3.63) is 72.2 Å². The third kappa shape index (κ3) is 2.31. The van der Waals surface area contributed by atoms with E-state index in [1.165, 1.54) is 0 Å². The molecule has 0 aliphatic rings. The van der Waals surface area contributed by atoms with E-state index >= 15 is 0 Å². The fourth-order valence-electron chi connectivity index (χ4n) is 3.28. The van der Waals surface area contributed by atoms with Crippen molar-refractivity contribution in [1.82, 2.24) is 25.5 Å². The minimum atomic E-state index is -0.117. The molecule has 2 aromatic carbocycles. The monoisotopic (exact) mass is 341 g/mol. The molecular weight excluding hydrogens is 326 g/mol. The zero-order valence-electron chi connectivity index (χ0n) is 13.8. The number of nitrogens with zero attached hydrogens (tertiary/aromatic N) is 2. The van der Waals surface area contributed by atoms with Crippen molar-refractivity contribution in [2.75, 3.05) is 0 Å². The zero-order valence-corrected chi connectivity index (χ0v) is 13.8. The first-order chi connectivity index (χ1) is 12.8. The van der Waals surface area contributed by atoms with Gasteiger partial charge < -0.3 is 10.4 Å². The second kappa shape index (κ2) is 5.70. The summed E-state index contributed by atoms with van der Waals surface area (Å²) in [7, 11) is 0. The molecule has 126 valence electrons. The van der Waals surface area contributed by atoms with Gasteiger partial charge in [0.05, 0.1) is 16.6 Å². The zero-order chi connectivity index (χ0) is 17.5. The van der Waals surface area contributed by atoms with Gasteiger partial charge in [0.2, 0.25) is 0 Å². The van der Waals surface area contributed by atoms with Crippen LogP contribution in [0.25, 0.3) is 32.7 Å². The van der Waals surface area contributed by atoms with Gasteiger partial charge in [-0.15, -0.1) is 0 Å². The highest BCUT2D eigenvalue weighted by Crippen LogP contribution is 2.30. The van der Waals surface area contributed by atoms with Gasteiger partial charge in [-0.2, -0.15) is 0 Å². The van der Waals surface area contributed by atoms with Crippen LogP contribution in [0.4, 0.5) is 0 Å². The first kappa shape index (κ1) is 14.7. The standard InChI is InChI=1S/C20H15N5O/c26-20(22-10-12-5-7-21-8-6-12)13-1-3-15-16-4-2-14-11-23-25-18(14)19(16)24-17(15)9-13/h1-9,11,23,25H,10H2,(H,22,26). The number of amides is 1. The van der Waals surface area contributed by atoms with E-state index in [2.05, 4.69) is 32.6 Å². The van der Waals surface area contributed by atoms with Gasteiger partial charge in [0.25, 0.3) is 5.91 Å². The largest absolute Gasteiger partial charge is 0.348 e. The second-order valence-corrected chi connectivity index (χ2v) is 6.22. The summed E-state index contributed by atoms with van der Waals surface area (Å²) in [6.45, 7) is 0.467. The first-order valence-corrected chi connectivity index (χ1v) is 8.34. The highest BCUT2D eigenvalue weighted by molar-refractivity contribution is 6.16. The Morgan fingerprint density at radius 3 is 2.77 bits per heavy atom. The molecule has 0 radical (unpaired) electrons. The lowest BCUT2D eigenvalue weighted by molar-refractivity contribution is 0.0951. The molecule has 0 saturated carbocycles. The molecule has 0 aliphatic heterocycles. The van der Waals surface area contributed by atoms with Crippen LogP contribution in [0, 0.1) is 0 Å². The number of pyridine rings is 1. The number of hydrogen-bond acceptors (Lipinski definition) is 3. The number of aromatic nitrogens is 4. The molecule has 3 N–H and O–H groups in total. The predicted molar refractivity (Wildman–Crippen MR) is 101 cm³/mol. The van der Waals surface area contributed by atoms with Gasteiger partial charge in [0.1, 0.15) is 0 Å². The highest BCUT2D eigenvalue weighted by atomic mass is 16.1. The Morgan fingerprint density at radius 2 is 1.88 bits per heavy atom. The minimum Gasteiger partial charge on any atom is -0.348 e. The van der Waals surface area contributed by atoms with Gasteiger partial charge in [-0.05, 0) is 29.8 Å². The third-order valence-electron chi connectivity index (χ3n) is 4.62. The van der Waals surface area contributed by atoms with Gasteiger partial charge in [-0.1, -0.05) is 18.2 Å². The fourth-order valence-corrected chi connectivity index (χ4v) is 3.28. The molecule has 6 heteroatoms. The van der Waals surface area contributed by atoms with Gasteiger partial charge >= 0.3 is 0 Å². The van der Waals surface area contributed by atoms with Crippen LogP contribution in [0.1, 0.15) is 15.9 Å². The summed E-state index contributed by atoms with van der Waals surface area (Å²) in [5.41, 5.74) is 4.31. The van der Waals surface area contributed by atoms with Crippen LogP contribution in [0.2, 0.25) is 0 Å². The van der Waals surface area contributed by atoms with E-state index in [9.17, 15) is 4.79 Å². The molecule has 0 saturated heterocycles. The van der Waals surface area contributed by atoms with Crippen molar-refractivity contribution < 1.29 is 4.79 Å². The predicted octanol–water partition coefficient (Wildman–Crippen LogP) is 3.52. The highest BCUT2D eigenvalue weighted by Gasteiger charge is 2.12. The maximum atomic E-state index is 12.5. The lowest BCUT2D eigenvalue weighted by atomic mass is 10.1. The quantitative estimate of drug-likeness (QED) is 0.469. The molecule has 0 fully saturated rings. The van der Waals surface area contributed by atoms with Crippen LogP contribution in [0.3, 0.4) is 0 Å². The SMILES string of the molecule is O=C(NCc1ccncc1)c1ccc2c(c1)nc1c2ccc2c[nH][nH]c21. The molecule has 5 aromatic rings. The van der Waals surface area contributed by atoms with Crippen LogP contribution >= 0.6 is 0 Å². The number of aromatic amines is 2. The number of fused-ring (bicyclic) bond motifs is 5. The van der Waals surface area contributed by atoms with Gasteiger partial charge in [0, 0.05) is 46.9 Å². The van der Waals surface area contributed by atoms with E-state index in [4.69, 9.17) is 4.98 Å². The Bertz CT molecular complexity index is 1250. The molecule has 0 bridgehead atoms. The van der Waals surface area contributed by atoms with Crippen molar-refractivity contribution in [3.63, 3.8) is 0 Å². The summed E-state index contributed by atoms with van der Waals surface area (Å²) in [6.07, 6.45) is 5.34. The van der Waals surface area contributed by atoms with Crippen molar-refractivity contribution in [1.29, 1.82) is 0 Å². The number of nitrogens with one attached hydrogen (secondary N) is 3. The molecular formula is C20H15N5O. The molecule has 26 heavy (non-hydrogen) atoms. The molecule has 6 nitrogen and oxygen atoms in total. The fraction of sp³-hybridized carbons (Fsp3) is 0.0500. The van der Waals surface area contributed by atoms with Crippen LogP contribution in [0.15, 0.2) is 61.1 Å². The van der Waals surface area contributed by atoms with E-state index < -0.39 is 0 Å².